The molecule has 0 saturated carbocycles. The molecule has 8 aliphatic rings. The predicted octanol–water partition coefficient (Wildman–Crippen LogP) is 21.9. The van der Waals surface area contributed by atoms with Gasteiger partial charge in [0, 0.05) is 68.8 Å². The zero-order chi connectivity index (χ0) is 92.8. The largest absolute Gasteiger partial charge is 2.00 e. The van der Waals surface area contributed by atoms with E-state index in [0.717, 1.165) is 89.0 Å². The molecule has 27 heteroatoms. The molecule has 0 fully saturated rings. The van der Waals surface area contributed by atoms with E-state index in [1.165, 1.54) is 0 Å². The van der Waals surface area contributed by atoms with Gasteiger partial charge >= 0.3 is 34.1 Å². The van der Waals surface area contributed by atoms with Crippen molar-refractivity contribution in [3.63, 3.8) is 0 Å². The van der Waals surface area contributed by atoms with Gasteiger partial charge < -0.3 is 101 Å². The average Bonchev–Trinajstić information content (AvgIpc) is 1.61. The topological polar surface area (TPSA) is 287 Å². The van der Waals surface area contributed by atoms with E-state index >= 15 is 0 Å². The normalized spacial score (nSPS) is 14.3. The van der Waals surface area contributed by atoms with Gasteiger partial charge in [0.15, 0.2) is 46.0 Å². The van der Waals surface area contributed by atoms with Gasteiger partial charge in [0.1, 0.15) is 152 Å². The van der Waals surface area contributed by atoms with Gasteiger partial charge in [0.25, 0.3) is 0 Å². The first-order valence-electron chi connectivity index (χ1n) is 46.7. The molecule has 0 unspecified atom stereocenters. The molecule has 16 aromatic rings. The van der Waals surface area contributed by atoms with Crippen LogP contribution in [0.3, 0.4) is 0 Å². The number of hydrogen-bond donors (Lipinski definition) is 0. The molecular weight excluding hydrogens is 1890 g/mol. The van der Waals surface area contributed by atoms with Gasteiger partial charge in [-0.1, -0.05) is 194 Å². The van der Waals surface area contributed by atoms with Crippen molar-refractivity contribution in [3.05, 3.63) is 312 Å². The van der Waals surface area contributed by atoms with Crippen molar-refractivity contribution in [2.45, 2.75) is 0 Å². The monoisotopic (exact) mass is 1970 g/mol. The number of benzene rings is 10. The van der Waals surface area contributed by atoms with Crippen molar-refractivity contribution < 1.29 is 115 Å². The first-order chi connectivity index (χ1) is 69.4. The fraction of sp³-hybridized carbons (Fsp3) is 0.138. The maximum absolute atomic E-state index is 6.65. The molecule has 24 rings (SSSR count). The first kappa shape index (κ1) is 91.3. The molecule has 24 bridgehead atoms. The molecule has 0 atom stereocenters. The number of ether oxygens (including phenoxy) is 16. The van der Waals surface area contributed by atoms with E-state index in [4.69, 9.17) is 116 Å². The third kappa shape index (κ3) is 17.7. The van der Waals surface area contributed by atoms with Crippen LogP contribution in [-0.2, 0) is 34.1 Å². The Morgan fingerprint density at radius 1 is 0.147 bits per heavy atom. The van der Waals surface area contributed by atoms with Crippen LogP contribution in [0.5, 0.6) is 92.0 Å². The van der Waals surface area contributed by atoms with E-state index < -0.39 is 0 Å². The van der Waals surface area contributed by atoms with Crippen LogP contribution < -0.4 is 95.7 Å². The minimum Gasteiger partial charge on any atom is -0.657 e. The van der Waals surface area contributed by atoms with Gasteiger partial charge in [0.05, 0.1) is 45.6 Å². The molecular formula is C116H86Fe2N8O17. The minimum atomic E-state index is 0. The molecule has 0 saturated heterocycles. The Bertz CT molecular complexity index is 6800. The van der Waals surface area contributed by atoms with E-state index in [1.807, 2.05) is 291 Å². The summed E-state index contributed by atoms with van der Waals surface area (Å²) in [5.41, 5.74) is 23.7. The fourth-order valence-corrected chi connectivity index (χ4v) is 19.1. The van der Waals surface area contributed by atoms with Gasteiger partial charge in [-0.25, -0.2) is 19.9 Å². The van der Waals surface area contributed by atoms with Gasteiger partial charge in [0.2, 0.25) is 0 Å². The van der Waals surface area contributed by atoms with Crippen molar-refractivity contribution in [1.29, 1.82) is 0 Å². The molecule has 0 aliphatic carbocycles. The molecule has 2 N–H and O–H groups in total. The second-order valence-corrected chi connectivity index (χ2v) is 33.8. The van der Waals surface area contributed by atoms with Crippen LogP contribution in [0.4, 0.5) is 0 Å². The summed E-state index contributed by atoms with van der Waals surface area (Å²) in [6, 6.07) is 87.1. The van der Waals surface area contributed by atoms with Gasteiger partial charge in [-0.2, -0.15) is 0 Å². The molecule has 0 amide bonds. The van der Waals surface area contributed by atoms with Crippen LogP contribution in [0.1, 0.15) is 45.6 Å². The second kappa shape index (κ2) is 40.2. The van der Waals surface area contributed by atoms with Crippen molar-refractivity contribution >= 4 is 92.7 Å². The molecule has 10 aromatic carbocycles. The molecule has 708 valence electrons. The summed E-state index contributed by atoms with van der Waals surface area (Å²) in [6.07, 6.45) is 16.3. The Labute approximate surface area is 841 Å². The number of fused-ring (bicyclic) bond motifs is 36. The molecule has 8 aliphatic heterocycles. The molecule has 0 spiro atoms. The Balaban J connectivity index is 0.000000160. The Hall–Kier alpha value is -16.8. The van der Waals surface area contributed by atoms with Crippen molar-refractivity contribution in [3.8, 4) is 181 Å². The quantitative estimate of drug-likeness (QED) is 0.127. The molecule has 6 aromatic heterocycles. The van der Waals surface area contributed by atoms with Crippen LogP contribution in [0, 0.1) is 0 Å². The van der Waals surface area contributed by atoms with E-state index in [-0.39, 0.29) is 145 Å². The molecule has 143 heavy (non-hydrogen) atoms. The maximum Gasteiger partial charge on any atom is 2.00 e. The zero-order valence-corrected chi connectivity index (χ0v) is 78.9. The van der Waals surface area contributed by atoms with E-state index in [2.05, 4.69) is 0 Å². The Kier molecular flexibility index (Phi) is 25.7. The number of aromatic nitrogens is 8. The molecule has 0 radical (unpaired) electrons. The predicted molar refractivity (Wildman–Crippen MR) is 541 cm³/mol. The van der Waals surface area contributed by atoms with Crippen molar-refractivity contribution in [1.82, 2.24) is 39.9 Å². The third-order valence-corrected chi connectivity index (χ3v) is 25.3. The van der Waals surface area contributed by atoms with Crippen LogP contribution in [-0.4, -0.2) is 131 Å². The Morgan fingerprint density at radius 2 is 0.259 bits per heavy atom. The number of para-hydroxylation sites is 8. The van der Waals surface area contributed by atoms with Crippen LogP contribution >= 0.6 is 0 Å². The standard InChI is InChI=1S/2C58H42N4O8.2Fe.H2O/c2*1-5-13-47-35(9-1)55-39-17-18-40(59-39)56-36-10-2-6-14-48(36)64-26-30-68-52-34-54-53(33-51(52)67-29-25-63-47)69-31-27-65-49-15-7-3-11-37(49)57(44-22-21-43(55)61-44)41-19-20-42(60-41)58(46-24-23-45(56)62-46)38-12-4-8-16-50(38)66-28-32-70-54;;;/h2*1-24,33-34H,25-32H2;;;1H2/q2*-2;2*+2;. The summed E-state index contributed by atoms with van der Waals surface area (Å²) in [4.78, 5) is 44.0. The average molecular weight is 1980 g/mol. The van der Waals surface area contributed by atoms with Gasteiger partial charge in [-0.15, -0.1) is 44.1 Å². The Morgan fingerprint density at radius 3 is 0.385 bits per heavy atom. The number of nitrogens with zero attached hydrogens (tertiary/aromatic N) is 8. The summed E-state index contributed by atoms with van der Waals surface area (Å²) in [5.74, 6) is 8.58. The number of hydrogen-bond acceptors (Lipinski definition) is 20. The van der Waals surface area contributed by atoms with Gasteiger partial charge in [-0.3, -0.25) is 0 Å². The van der Waals surface area contributed by atoms with E-state index in [0.29, 0.717) is 182 Å². The molecule has 25 nitrogen and oxygen atoms in total. The minimum absolute atomic E-state index is 0. The third-order valence-electron chi connectivity index (χ3n) is 25.3. The van der Waals surface area contributed by atoms with Crippen molar-refractivity contribution in [2.24, 2.45) is 0 Å². The first-order valence-corrected chi connectivity index (χ1v) is 46.7. The fourth-order valence-electron chi connectivity index (χ4n) is 19.1. The number of rotatable bonds is 0. The summed E-state index contributed by atoms with van der Waals surface area (Å²) < 4.78 is 105. The summed E-state index contributed by atoms with van der Waals surface area (Å²) >= 11 is 0. The summed E-state index contributed by atoms with van der Waals surface area (Å²) in [5, 5.41) is 0. The van der Waals surface area contributed by atoms with E-state index in [1.54, 1.807) is 24.3 Å². The maximum atomic E-state index is 6.65. The molecule has 14 heterocycles. The van der Waals surface area contributed by atoms with Crippen molar-refractivity contribution in [2.75, 3.05) is 106 Å². The zero-order valence-electron chi connectivity index (χ0n) is 76.7. The summed E-state index contributed by atoms with van der Waals surface area (Å²) in [7, 11) is 0. The SMILES string of the molecule is C1=Cc2nc1c1c3ccc([n-]3)c3c4nc(c5c6ccc([n-]6)c2-c2ccccc2OCCOc2cc(c(cc2OCCOc2ccccc2-5)OCCOc2ccccc2-3)OCCOc2ccccc2-1)C=C4.C1=Cc2nc1c1c3ccc([n-]3)c3c4nc(c5c6ccc([n-]6)c2-c2ccccc2OCCOc2cc(c(cc2OCCOc2ccccc2-5)OCCOc2ccccc2-3)OCCOc2ccccc2-1)C=C4.O.[Fe+2].[Fe+2]. The van der Waals surface area contributed by atoms with E-state index in [9.17, 15) is 0 Å². The summed E-state index contributed by atoms with van der Waals surface area (Å²) in [6.45, 7) is 2.98. The van der Waals surface area contributed by atoms with Gasteiger partial charge in [-0.05, 0) is 142 Å². The van der Waals surface area contributed by atoms with Crippen LogP contribution in [0.15, 0.2) is 267 Å². The van der Waals surface area contributed by atoms with Crippen LogP contribution in [0.2, 0.25) is 0 Å². The smallest absolute Gasteiger partial charge is 0.657 e. The van der Waals surface area contributed by atoms with Crippen LogP contribution in [0.25, 0.3) is 182 Å². The second-order valence-electron chi connectivity index (χ2n) is 33.8.